The van der Waals surface area contributed by atoms with Gasteiger partial charge in [0.25, 0.3) is 0 Å². The molecule has 480 valence electrons. The third-order valence-corrected chi connectivity index (χ3v) is 16.4. The van der Waals surface area contributed by atoms with Crippen molar-refractivity contribution in [2.24, 2.45) is 0 Å². The summed E-state index contributed by atoms with van der Waals surface area (Å²) in [7, 11) is 0. The average Bonchev–Trinajstić information content (AvgIpc) is 3.68. The second kappa shape index (κ2) is 60.3. The average molecular weight is 1160 g/mol. The second-order valence-corrected chi connectivity index (χ2v) is 24.2. The summed E-state index contributed by atoms with van der Waals surface area (Å²) in [4.78, 5) is 25.1. The van der Waals surface area contributed by atoms with Crippen molar-refractivity contribution in [3.05, 3.63) is 48.6 Å². The minimum absolute atomic E-state index is 0.00595. The summed E-state index contributed by atoms with van der Waals surface area (Å²) in [6.07, 6.45) is 68.0. The number of esters is 1. The van der Waals surface area contributed by atoms with Crippen LogP contribution in [0.2, 0.25) is 0 Å². The largest absolute Gasteiger partial charge is 0.466 e. The minimum atomic E-state index is -1.58. The number of unbranched alkanes of at least 4 members (excludes halogenated alkanes) is 41. The van der Waals surface area contributed by atoms with Gasteiger partial charge in [-0.2, -0.15) is 0 Å². The van der Waals surface area contributed by atoms with Gasteiger partial charge < -0.3 is 45.1 Å². The molecule has 1 amide bonds. The summed E-state index contributed by atoms with van der Waals surface area (Å²) in [5.74, 6) is -0.189. The van der Waals surface area contributed by atoms with Crippen molar-refractivity contribution in [2.45, 2.75) is 371 Å². The Kier molecular flexibility index (Phi) is 57.1. The first-order valence-corrected chi connectivity index (χ1v) is 34.9. The SMILES string of the molecule is CCCCCCC/C=C/CC/C=C/CC/C=C/C(O)C(COC1OC(CO)C(O)C(O)C1O)NC(=O)CCCCCCCCCCCCCC/C=C\CCCCCCCCCCCCCCOC(=O)CCCCCCCCCCCCC. The van der Waals surface area contributed by atoms with Crippen LogP contribution in [0.25, 0.3) is 0 Å². The van der Waals surface area contributed by atoms with Crippen LogP contribution in [0.1, 0.15) is 328 Å². The molecule has 1 heterocycles. The number of carbonyl (C=O) groups is 2. The molecule has 6 N–H and O–H groups in total. The Hall–Kier alpha value is -2.38. The van der Waals surface area contributed by atoms with E-state index < -0.39 is 49.5 Å². The number of ether oxygens (including phenoxy) is 3. The summed E-state index contributed by atoms with van der Waals surface area (Å²) in [5, 5.41) is 54.5. The molecule has 1 fully saturated rings. The normalized spacial score (nSPS) is 18.5. The first-order valence-electron chi connectivity index (χ1n) is 34.9. The number of aliphatic hydroxyl groups is 5. The Labute approximate surface area is 504 Å². The lowest BCUT2D eigenvalue weighted by Gasteiger charge is -2.40. The first kappa shape index (κ1) is 77.6. The fraction of sp³-hybridized carbons (Fsp3) is 0.859. The third kappa shape index (κ3) is 48.8. The predicted octanol–water partition coefficient (Wildman–Crippen LogP) is 17.6. The predicted molar refractivity (Wildman–Crippen MR) is 343 cm³/mol. The molecule has 11 heteroatoms. The Balaban J connectivity index is 2.02. The van der Waals surface area contributed by atoms with Gasteiger partial charge in [0.1, 0.15) is 24.4 Å². The maximum Gasteiger partial charge on any atom is 0.305 e. The molecule has 11 nitrogen and oxygen atoms in total. The van der Waals surface area contributed by atoms with Crippen molar-refractivity contribution in [1.82, 2.24) is 5.32 Å². The molecule has 0 spiro atoms. The minimum Gasteiger partial charge on any atom is -0.466 e. The van der Waals surface area contributed by atoms with E-state index in [0.29, 0.717) is 19.4 Å². The van der Waals surface area contributed by atoms with Gasteiger partial charge in [0, 0.05) is 12.8 Å². The molecule has 7 atom stereocenters. The summed E-state index contributed by atoms with van der Waals surface area (Å²) in [6, 6.07) is -0.836. The number of rotatable bonds is 61. The molecule has 0 saturated carbocycles. The van der Waals surface area contributed by atoms with Crippen molar-refractivity contribution in [1.29, 1.82) is 0 Å². The highest BCUT2D eigenvalue weighted by atomic mass is 16.7. The molecule has 0 aromatic carbocycles. The molecule has 82 heavy (non-hydrogen) atoms. The van der Waals surface area contributed by atoms with Gasteiger partial charge in [-0.3, -0.25) is 9.59 Å². The molecule has 0 aromatic heterocycles. The smallest absolute Gasteiger partial charge is 0.305 e. The van der Waals surface area contributed by atoms with Gasteiger partial charge in [0.15, 0.2) is 6.29 Å². The van der Waals surface area contributed by atoms with E-state index in [1.165, 1.54) is 231 Å². The summed E-state index contributed by atoms with van der Waals surface area (Å²) >= 11 is 0. The summed E-state index contributed by atoms with van der Waals surface area (Å²) in [6.45, 7) is 4.33. The van der Waals surface area contributed by atoms with Gasteiger partial charge in [0.2, 0.25) is 5.91 Å². The zero-order valence-electron chi connectivity index (χ0n) is 53.2. The molecule has 1 rings (SSSR count). The maximum atomic E-state index is 13.1. The van der Waals surface area contributed by atoms with E-state index in [-0.39, 0.29) is 18.5 Å². The number of aliphatic hydroxyl groups excluding tert-OH is 5. The highest BCUT2D eigenvalue weighted by molar-refractivity contribution is 5.76. The van der Waals surface area contributed by atoms with Gasteiger partial charge in [0.05, 0.1) is 32.0 Å². The molecule has 7 unspecified atom stereocenters. The highest BCUT2D eigenvalue weighted by Gasteiger charge is 2.44. The highest BCUT2D eigenvalue weighted by Crippen LogP contribution is 2.23. The van der Waals surface area contributed by atoms with Crippen molar-refractivity contribution >= 4 is 11.9 Å². The zero-order chi connectivity index (χ0) is 59.5. The van der Waals surface area contributed by atoms with Gasteiger partial charge >= 0.3 is 5.97 Å². The van der Waals surface area contributed by atoms with E-state index in [0.717, 1.165) is 70.6 Å². The van der Waals surface area contributed by atoms with Crippen LogP contribution < -0.4 is 5.32 Å². The monoisotopic (exact) mass is 1160 g/mol. The van der Waals surface area contributed by atoms with Crippen molar-refractivity contribution in [2.75, 3.05) is 19.8 Å². The van der Waals surface area contributed by atoms with Gasteiger partial charge in [-0.15, -0.1) is 0 Å². The number of amides is 1. The zero-order valence-corrected chi connectivity index (χ0v) is 53.2. The Morgan fingerprint density at radius 2 is 0.793 bits per heavy atom. The molecule has 1 saturated heterocycles. The van der Waals surface area contributed by atoms with Crippen LogP contribution in [0, 0.1) is 0 Å². The third-order valence-electron chi connectivity index (χ3n) is 16.4. The molecule has 0 radical (unpaired) electrons. The summed E-state index contributed by atoms with van der Waals surface area (Å²) < 4.78 is 16.7. The van der Waals surface area contributed by atoms with Gasteiger partial charge in [-0.05, 0) is 83.5 Å². The number of hydrogen-bond donors (Lipinski definition) is 6. The lowest BCUT2D eigenvalue weighted by atomic mass is 9.99. The van der Waals surface area contributed by atoms with Crippen LogP contribution >= 0.6 is 0 Å². The van der Waals surface area contributed by atoms with E-state index in [9.17, 15) is 35.1 Å². The molecular weight excluding hydrogens is 1030 g/mol. The van der Waals surface area contributed by atoms with E-state index in [1.54, 1.807) is 6.08 Å². The number of carbonyl (C=O) groups excluding carboxylic acids is 2. The quantitative estimate of drug-likeness (QED) is 0.0195. The summed E-state index contributed by atoms with van der Waals surface area (Å²) in [5.41, 5.74) is 0. The van der Waals surface area contributed by atoms with E-state index in [4.69, 9.17) is 14.2 Å². The lowest BCUT2D eigenvalue weighted by Crippen LogP contribution is -2.60. The van der Waals surface area contributed by atoms with Crippen LogP contribution in [-0.4, -0.2) is 100 Å². The van der Waals surface area contributed by atoms with Gasteiger partial charge in [-0.1, -0.05) is 281 Å². The van der Waals surface area contributed by atoms with Crippen LogP contribution in [0.4, 0.5) is 0 Å². The molecule has 0 aliphatic carbocycles. The number of allylic oxidation sites excluding steroid dienone is 7. The van der Waals surface area contributed by atoms with E-state index in [2.05, 4.69) is 55.6 Å². The molecule has 1 aliphatic rings. The van der Waals surface area contributed by atoms with Crippen molar-refractivity contribution in [3.8, 4) is 0 Å². The maximum absolute atomic E-state index is 13.1. The Morgan fingerprint density at radius 3 is 1.21 bits per heavy atom. The number of hydrogen-bond acceptors (Lipinski definition) is 10. The molecule has 1 aliphatic heterocycles. The lowest BCUT2D eigenvalue weighted by molar-refractivity contribution is -0.302. The Morgan fingerprint density at radius 1 is 0.439 bits per heavy atom. The van der Waals surface area contributed by atoms with Crippen molar-refractivity contribution in [3.63, 3.8) is 0 Å². The number of nitrogens with one attached hydrogen (secondary N) is 1. The fourth-order valence-electron chi connectivity index (χ4n) is 10.9. The molecule has 0 bridgehead atoms. The van der Waals surface area contributed by atoms with Crippen LogP contribution in [0.15, 0.2) is 48.6 Å². The topological polar surface area (TPSA) is 175 Å². The molecule has 0 aromatic rings. The first-order chi connectivity index (χ1) is 40.2. The van der Waals surface area contributed by atoms with Crippen molar-refractivity contribution < 1.29 is 49.3 Å². The van der Waals surface area contributed by atoms with E-state index in [1.807, 2.05) is 6.08 Å². The van der Waals surface area contributed by atoms with Crippen LogP contribution in [0.3, 0.4) is 0 Å². The van der Waals surface area contributed by atoms with Crippen LogP contribution in [0.5, 0.6) is 0 Å². The van der Waals surface area contributed by atoms with E-state index >= 15 is 0 Å². The van der Waals surface area contributed by atoms with Gasteiger partial charge in [-0.25, -0.2) is 0 Å². The second-order valence-electron chi connectivity index (χ2n) is 24.2. The molecular formula is C71H131NO10. The fourth-order valence-corrected chi connectivity index (χ4v) is 10.9. The Bertz CT molecular complexity index is 1500. The standard InChI is InChI=1S/C71H131NO10/c1-3-5-7-9-11-13-15-16-31-34-38-41-45-49-53-57-64(74)63(62-81-71-70(79)69(78)68(77)65(61-73)82-71)72-66(75)58-54-50-46-42-39-35-32-29-27-25-23-21-19-17-18-20-22-24-26-28-30-33-36-40-44-48-52-56-60-80-67(76)59-55-51-47-43-37-14-12-10-8-6-4-2/h15-18,38,41,53,57,63-65,68-71,73-74,77-79H,3-14,19-37,39-40,42-52,54-56,58-62H2,1-2H3,(H,72,75)/b16-15+,18-17-,41-38+,57-53+. The van der Waals surface area contributed by atoms with Crippen LogP contribution in [-0.2, 0) is 23.8 Å².